The van der Waals surface area contributed by atoms with Gasteiger partial charge in [-0.2, -0.15) is 0 Å². The van der Waals surface area contributed by atoms with Crippen molar-refractivity contribution in [1.82, 2.24) is 5.32 Å². The summed E-state index contributed by atoms with van der Waals surface area (Å²) in [5.74, 6) is 0. The second-order valence-corrected chi connectivity index (χ2v) is 2.58. The van der Waals surface area contributed by atoms with Crippen LogP contribution in [0.1, 0.15) is 0 Å². The summed E-state index contributed by atoms with van der Waals surface area (Å²) in [5, 5.41) is 3.03. The molecule has 0 unspecified atom stereocenters. The number of hydrogen-bond acceptors (Lipinski definition) is 8. The Bertz CT molecular complexity index is 118. The third-order valence-corrected chi connectivity index (χ3v) is 0.809. The fraction of sp³-hybridized carbons (Fsp3) is 1.00. The van der Waals surface area contributed by atoms with Crippen molar-refractivity contribution in [1.29, 1.82) is 0 Å². The van der Waals surface area contributed by atoms with Gasteiger partial charge in [0.2, 0.25) is 0 Å². The van der Waals surface area contributed by atoms with Crippen LogP contribution in [0.5, 0.6) is 0 Å². The Morgan fingerprint density at radius 1 is 0.824 bits per heavy atom. The summed E-state index contributed by atoms with van der Waals surface area (Å²) in [5.41, 5.74) is 20.1. The molecule has 0 aromatic rings. The van der Waals surface area contributed by atoms with Gasteiger partial charge in [0.15, 0.2) is 0 Å². The number of rotatable bonds is 5. The van der Waals surface area contributed by atoms with Gasteiger partial charge in [-0.3, -0.25) is 0 Å². The summed E-state index contributed by atoms with van der Waals surface area (Å²) < 4.78 is 8.48. The van der Waals surface area contributed by atoms with Crippen LogP contribution in [0, 0.1) is 0 Å². The van der Waals surface area contributed by atoms with E-state index in [-0.39, 0.29) is 59.1 Å². The molecular weight excluding hydrogens is 267 g/mol. The molecule has 0 aromatic carbocycles. The fourth-order valence-electron chi connectivity index (χ4n) is 0.329. The van der Waals surface area contributed by atoms with E-state index < -0.39 is 8.25 Å². The molecule has 9 N–H and O–H groups in total. The molecule has 0 amide bonds. The molecule has 0 saturated carbocycles. The third kappa shape index (κ3) is 95.9. The molecule has 0 fully saturated rings. The quantitative estimate of drug-likeness (QED) is 0.188. The van der Waals surface area contributed by atoms with E-state index in [1.807, 2.05) is 0 Å². The predicted octanol–water partition coefficient (Wildman–Crippen LogP) is -10.2. The van der Waals surface area contributed by atoms with Crippen molar-refractivity contribution in [3.63, 3.8) is 0 Å². The average molecular weight is 288 g/mol. The maximum Gasteiger partial charge on any atom is 1.00 e. The van der Waals surface area contributed by atoms with Crippen molar-refractivity contribution in [3.8, 4) is 0 Å². The van der Waals surface area contributed by atoms with Gasteiger partial charge in [0.05, 0.1) is 0 Å². The summed E-state index contributed by atoms with van der Waals surface area (Å²) in [6.45, 7) is 4.33. The minimum Gasteiger partial charge on any atom is -0.598 e. The SMILES string of the molecule is NCCN.NCCNCCN.O=[P+]([O-])[O-].[Na+].[Na+]. The van der Waals surface area contributed by atoms with Crippen LogP contribution >= 0.6 is 8.25 Å². The molecular formula is C6H21N5Na2O3P+. The van der Waals surface area contributed by atoms with E-state index in [2.05, 4.69) is 5.32 Å². The summed E-state index contributed by atoms with van der Waals surface area (Å²) in [6, 6.07) is 0. The van der Waals surface area contributed by atoms with Crippen molar-refractivity contribution in [2.24, 2.45) is 22.9 Å². The summed E-state index contributed by atoms with van der Waals surface area (Å²) >= 11 is 0. The predicted molar refractivity (Wildman–Crippen MR) is 56.7 cm³/mol. The Labute approximate surface area is 148 Å². The zero-order valence-corrected chi connectivity index (χ0v) is 15.6. The van der Waals surface area contributed by atoms with Crippen molar-refractivity contribution in [2.75, 3.05) is 39.3 Å². The molecule has 0 rings (SSSR count). The van der Waals surface area contributed by atoms with Gasteiger partial charge in [-0.1, -0.05) is 4.57 Å². The first-order chi connectivity index (χ1) is 7.06. The van der Waals surface area contributed by atoms with Gasteiger partial charge in [0.1, 0.15) is 0 Å². The molecule has 0 heterocycles. The van der Waals surface area contributed by atoms with Crippen LogP contribution in [0.4, 0.5) is 0 Å². The first-order valence-electron chi connectivity index (χ1n) is 4.39. The monoisotopic (exact) mass is 288 g/mol. The maximum absolute atomic E-state index is 8.48. The Morgan fingerprint density at radius 3 is 1.18 bits per heavy atom. The van der Waals surface area contributed by atoms with Crippen molar-refractivity contribution in [2.45, 2.75) is 0 Å². The second-order valence-electron chi connectivity index (χ2n) is 2.13. The Morgan fingerprint density at radius 2 is 1.06 bits per heavy atom. The van der Waals surface area contributed by atoms with Gasteiger partial charge >= 0.3 is 59.1 Å². The molecule has 0 atom stereocenters. The minimum atomic E-state index is -3.37. The van der Waals surface area contributed by atoms with Crippen LogP contribution < -0.4 is 97.2 Å². The fourth-order valence-corrected chi connectivity index (χ4v) is 0.329. The average Bonchev–Trinajstić information content (AvgIpc) is 2.18. The largest absolute Gasteiger partial charge is 1.00 e. The van der Waals surface area contributed by atoms with Gasteiger partial charge in [0, 0.05) is 39.3 Å². The van der Waals surface area contributed by atoms with Gasteiger partial charge < -0.3 is 38.0 Å². The molecule has 0 aliphatic carbocycles. The topological polar surface area (TPSA) is 179 Å². The van der Waals surface area contributed by atoms with E-state index in [4.69, 9.17) is 37.3 Å². The molecule has 0 saturated heterocycles. The Balaban J connectivity index is -0.0000000425. The second kappa shape index (κ2) is 36.1. The first kappa shape index (κ1) is 31.3. The minimum absolute atomic E-state index is 0. The standard InChI is InChI=1S/C4H13N3.C2H8N2.2Na.HO3P/c5-1-3-7-4-2-6;3-1-2-4;;;1-4(2)3/h7H,1-6H2;1-4H2;;;(H,1,2,3)/q;;2*+1;/p-1. The van der Waals surface area contributed by atoms with Crippen molar-refractivity contribution < 1.29 is 73.5 Å². The molecule has 0 spiro atoms. The Hall–Kier alpha value is 1.82. The molecule has 11 heteroatoms. The van der Waals surface area contributed by atoms with Crippen LogP contribution in [0.15, 0.2) is 0 Å². The van der Waals surface area contributed by atoms with Crippen LogP contribution in [0.2, 0.25) is 0 Å². The van der Waals surface area contributed by atoms with Gasteiger partial charge in [-0.15, -0.1) is 0 Å². The molecule has 0 aromatic heterocycles. The molecule has 0 radical (unpaired) electrons. The van der Waals surface area contributed by atoms with Crippen LogP contribution in [0.3, 0.4) is 0 Å². The molecule has 94 valence electrons. The van der Waals surface area contributed by atoms with Crippen LogP contribution in [-0.4, -0.2) is 39.3 Å². The van der Waals surface area contributed by atoms with E-state index in [1.54, 1.807) is 0 Å². The Kier molecular flexibility index (Phi) is 66.4. The number of nitrogens with one attached hydrogen (secondary N) is 1. The molecule has 8 nitrogen and oxygen atoms in total. The zero-order valence-electron chi connectivity index (χ0n) is 10.7. The van der Waals surface area contributed by atoms with Crippen LogP contribution in [0.25, 0.3) is 0 Å². The van der Waals surface area contributed by atoms with E-state index in [9.17, 15) is 0 Å². The first-order valence-corrected chi connectivity index (χ1v) is 5.48. The third-order valence-electron chi connectivity index (χ3n) is 0.809. The van der Waals surface area contributed by atoms with E-state index in [0.29, 0.717) is 26.2 Å². The molecule has 17 heavy (non-hydrogen) atoms. The van der Waals surface area contributed by atoms with Gasteiger partial charge in [-0.25, -0.2) is 0 Å². The summed E-state index contributed by atoms with van der Waals surface area (Å²) in [7, 11) is -3.37. The van der Waals surface area contributed by atoms with Crippen molar-refractivity contribution in [3.05, 3.63) is 0 Å². The smallest absolute Gasteiger partial charge is 0.598 e. The maximum atomic E-state index is 8.48. The van der Waals surface area contributed by atoms with E-state index in [1.165, 1.54) is 0 Å². The van der Waals surface area contributed by atoms with Gasteiger partial charge in [0.25, 0.3) is 8.25 Å². The molecule has 0 bridgehead atoms. The molecule has 0 aliphatic heterocycles. The van der Waals surface area contributed by atoms with Gasteiger partial charge in [-0.05, 0) is 0 Å². The zero-order chi connectivity index (χ0) is 12.5. The molecule has 0 aliphatic rings. The number of nitrogens with two attached hydrogens (primary N) is 4. The normalized spacial score (nSPS) is 7.18. The van der Waals surface area contributed by atoms with Crippen LogP contribution in [-0.2, 0) is 4.57 Å². The summed E-state index contributed by atoms with van der Waals surface area (Å²) in [4.78, 5) is 17.0. The van der Waals surface area contributed by atoms with E-state index >= 15 is 0 Å². The number of hydrogen-bond donors (Lipinski definition) is 5. The summed E-state index contributed by atoms with van der Waals surface area (Å²) in [6.07, 6.45) is 0. The van der Waals surface area contributed by atoms with Crippen molar-refractivity contribution >= 4 is 8.25 Å². The van der Waals surface area contributed by atoms with E-state index in [0.717, 1.165) is 13.1 Å².